The number of H-pyrrole nitrogens is 1. The predicted molar refractivity (Wildman–Crippen MR) is 238 cm³/mol. The van der Waals surface area contributed by atoms with Gasteiger partial charge in [0.05, 0.1) is 41.0 Å². The van der Waals surface area contributed by atoms with Crippen LogP contribution in [0.1, 0.15) is 73.7 Å². The molecule has 3 aliphatic heterocycles. The lowest BCUT2D eigenvalue weighted by molar-refractivity contribution is -0.0336. The van der Waals surface area contributed by atoms with Crippen LogP contribution in [0.2, 0.25) is 0 Å². The van der Waals surface area contributed by atoms with Crippen molar-refractivity contribution in [1.29, 1.82) is 0 Å². The number of hydrogen-bond acceptors (Lipinski definition) is 12. The number of nitrogens with zero attached hydrogens (tertiary/aromatic N) is 2. The second-order valence-corrected chi connectivity index (χ2v) is 16.0. The number of aliphatic hydroxyl groups excluding tert-OH is 1. The van der Waals surface area contributed by atoms with Gasteiger partial charge in [-0.2, -0.15) is 0 Å². The number of aromatic nitrogens is 2. The van der Waals surface area contributed by atoms with E-state index in [-0.39, 0.29) is 55.1 Å². The fourth-order valence-electron chi connectivity index (χ4n) is 8.18. The zero-order chi connectivity index (χ0) is 44.4. The van der Waals surface area contributed by atoms with Crippen molar-refractivity contribution in [3.05, 3.63) is 171 Å². The summed E-state index contributed by atoms with van der Waals surface area (Å²) in [6.07, 6.45) is 2.08. The maximum absolute atomic E-state index is 13.2. The summed E-state index contributed by atoms with van der Waals surface area (Å²) in [5, 5.41) is 30.4. The molecule has 64 heavy (non-hydrogen) atoms. The Bertz CT molecular complexity index is 2620. The van der Waals surface area contributed by atoms with Gasteiger partial charge in [0.2, 0.25) is 5.56 Å². The van der Waals surface area contributed by atoms with Crippen LogP contribution in [0.4, 0.5) is 4.79 Å². The molecule has 0 radical (unpaired) electrons. The van der Waals surface area contributed by atoms with Crippen LogP contribution in [-0.2, 0) is 22.6 Å². The summed E-state index contributed by atoms with van der Waals surface area (Å²) in [6.45, 7) is 3.71. The largest absolute Gasteiger partial charge is 0.506 e. The molecule has 2 aromatic heterocycles. The SMILES string of the molecule is O=C(NC(c1ccccc1)c1cccc(OCc2ccc(C(=O)OCCNC(=O)c3ccc(CNC[C@H](O)c4ccc(O)c5[nH]c(=O)ccc45)nc3)cc2)c1)O[C@H]1CN2CCC1CC2. The van der Waals surface area contributed by atoms with Crippen LogP contribution in [0.5, 0.6) is 11.5 Å². The number of aromatic amines is 1. The summed E-state index contributed by atoms with van der Waals surface area (Å²) in [5.41, 5.74) is 4.38. The molecule has 4 aromatic carbocycles. The van der Waals surface area contributed by atoms with E-state index in [9.17, 15) is 29.4 Å². The summed E-state index contributed by atoms with van der Waals surface area (Å²) in [5.74, 6) is 0.0366. The lowest BCUT2D eigenvalue weighted by atomic mass is 9.86. The number of aliphatic hydroxyl groups is 1. The minimum Gasteiger partial charge on any atom is -0.506 e. The van der Waals surface area contributed by atoms with Gasteiger partial charge in [-0.1, -0.05) is 60.7 Å². The molecule has 2 bridgehead atoms. The number of aromatic hydroxyl groups is 1. The summed E-state index contributed by atoms with van der Waals surface area (Å²) in [7, 11) is 0. The van der Waals surface area contributed by atoms with Gasteiger partial charge in [0, 0.05) is 37.3 Å². The van der Waals surface area contributed by atoms with E-state index >= 15 is 0 Å². The lowest BCUT2D eigenvalue weighted by Gasteiger charge is -2.43. The summed E-state index contributed by atoms with van der Waals surface area (Å²) >= 11 is 0. The molecule has 3 atom stereocenters. The van der Waals surface area contributed by atoms with Crippen LogP contribution in [-0.4, -0.2) is 88.5 Å². The number of nitrogens with one attached hydrogen (secondary N) is 4. The number of hydrogen-bond donors (Lipinski definition) is 6. The highest BCUT2D eigenvalue weighted by Crippen LogP contribution is 2.31. The number of benzene rings is 4. The summed E-state index contributed by atoms with van der Waals surface area (Å²) < 4.78 is 17.5. The molecule has 3 fully saturated rings. The maximum Gasteiger partial charge on any atom is 0.408 e. The Kier molecular flexibility index (Phi) is 13.9. The molecule has 3 aliphatic rings. The second kappa shape index (κ2) is 20.4. The quantitative estimate of drug-likeness (QED) is 0.0495. The monoisotopic (exact) mass is 866 g/mol. The number of rotatable bonds is 17. The molecule has 6 N–H and O–H groups in total. The Morgan fingerprint density at radius 3 is 2.41 bits per heavy atom. The van der Waals surface area contributed by atoms with Crippen molar-refractivity contribution in [2.45, 2.75) is 44.2 Å². The van der Waals surface area contributed by atoms with Crippen molar-refractivity contribution in [3.8, 4) is 11.5 Å². The molecule has 5 heterocycles. The molecule has 0 saturated carbocycles. The number of carbonyl (C=O) groups is 3. The highest BCUT2D eigenvalue weighted by atomic mass is 16.6. The topological polar surface area (TPSA) is 204 Å². The minimum atomic E-state index is -0.925. The minimum absolute atomic E-state index is 0.0355. The van der Waals surface area contributed by atoms with Crippen LogP contribution in [0, 0.1) is 5.92 Å². The number of ether oxygens (including phenoxy) is 3. The van der Waals surface area contributed by atoms with Crippen molar-refractivity contribution < 1.29 is 38.8 Å². The number of pyridine rings is 2. The number of phenols is 1. The second-order valence-electron chi connectivity index (χ2n) is 16.0. The normalized spacial score (nSPS) is 17.5. The van der Waals surface area contributed by atoms with Crippen molar-refractivity contribution >= 4 is 28.9 Å². The third kappa shape index (κ3) is 10.9. The zero-order valence-electron chi connectivity index (χ0n) is 35.1. The Hall–Kier alpha value is -7.07. The fourth-order valence-corrected chi connectivity index (χ4v) is 8.18. The molecule has 6 aromatic rings. The van der Waals surface area contributed by atoms with E-state index in [1.807, 2.05) is 54.6 Å². The first-order valence-electron chi connectivity index (χ1n) is 21.4. The van der Waals surface area contributed by atoms with E-state index in [1.54, 1.807) is 48.5 Å². The molecular formula is C49H50N6O9. The van der Waals surface area contributed by atoms with Gasteiger partial charge in [0.1, 0.15) is 30.8 Å². The first-order chi connectivity index (χ1) is 31.2. The number of amides is 2. The molecule has 9 rings (SSSR count). The first-order valence-corrected chi connectivity index (χ1v) is 21.4. The number of piperidine rings is 3. The average molecular weight is 867 g/mol. The number of phenolic OH excluding ortho intramolecular Hbond substituents is 1. The molecule has 1 unspecified atom stereocenters. The van der Waals surface area contributed by atoms with E-state index in [0.29, 0.717) is 46.0 Å². The Morgan fingerprint density at radius 2 is 1.66 bits per heavy atom. The van der Waals surface area contributed by atoms with Gasteiger partial charge in [-0.05, 0) is 103 Å². The predicted octanol–water partition coefficient (Wildman–Crippen LogP) is 5.53. The van der Waals surface area contributed by atoms with Crippen LogP contribution >= 0.6 is 0 Å². The van der Waals surface area contributed by atoms with Crippen molar-refractivity contribution in [1.82, 2.24) is 30.8 Å². The lowest BCUT2D eigenvalue weighted by Crippen LogP contribution is -2.52. The molecule has 2 amide bonds. The first kappa shape index (κ1) is 43.6. The van der Waals surface area contributed by atoms with E-state index in [0.717, 1.165) is 49.2 Å². The van der Waals surface area contributed by atoms with Crippen LogP contribution in [0.15, 0.2) is 126 Å². The van der Waals surface area contributed by atoms with Crippen LogP contribution < -0.4 is 26.2 Å². The number of carbonyl (C=O) groups excluding carboxylic acids is 3. The third-order valence-corrected chi connectivity index (χ3v) is 11.7. The summed E-state index contributed by atoms with van der Waals surface area (Å²) in [6, 6.07) is 33.1. The van der Waals surface area contributed by atoms with Crippen molar-refractivity contribution in [2.75, 3.05) is 39.3 Å². The average Bonchev–Trinajstić information content (AvgIpc) is 3.32. The van der Waals surface area contributed by atoms with E-state index in [2.05, 4.69) is 30.8 Å². The van der Waals surface area contributed by atoms with E-state index in [1.165, 1.54) is 18.3 Å². The molecular weight excluding hydrogens is 817 g/mol. The number of fused-ring (bicyclic) bond motifs is 4. The molecule has 0 spiro atoms. The van der Waals surface area contributed by atoms with E-state index < -0.39 is 24.2 Å². The molecule has 15 heteroatoms. The van der Waals surface area contributed by atoms with Crippen LogP contribution in [0.25, 0.3) is 10.9 Å². The molecule has 3 saturated heterocycles. The van der Waals surface area contributed by atoms with Crippen molar-refractivity contribution in [3.63, 3.8) is 0 Å². The molecule has 15 nitrogen and oxygen atoms in total. The third-order valence-electron chi connectivity index (χ3n) is 11.7. The Morgan fingerprint density at radius 1 is 0.875 bits per heavy atom. The summed E-state index contributed by atoms with van der Waals surface area (Å²) in [4.78, 5) is 59.7. The highest BCUT2D eigenvalue weighted by Gasteiger charge is 2.37. The van der Waals surface area contributed by atoms with Crippen molar-refractivity contribution in [2.24, 2.45) is 5.92 Å². The van der Waals surface area contributed by atoms with Gasteiger partial charge in [0.15, 0.2) is 0 Å². The van der Waals surface area contributed by atoms with Gasteiger partial charge in [-0.15, -0.1) is 0 Å². The van der Waals surface area contributed by atoms with Gasteiger partial charge in [-0.3, -0.25) is 19.5 Å². The Labute approximate surface area is 369 Å². The Balaban J connectivity index is 0.758. The molecule has 0 aliphatic carbocycles. The maximum atomic E-state index is 13.2. The van der Waals surface area contributed by atoms with Gasteiger partial charge < -0.3 is 45.4 Å². The van der Waals surface area contributed by atoms with Gasteiger partial charge >= 0.3 is 12.1 Å². The fraction of sp³-hybridized carbons (Fsp3) is 0.286. The molecule has 330 valence electrons. The van der Waals surface area contributed by atoms with E-state index in [4.69, 9.17) is 14.2 Å². The van der Waals surface area contributed by atoms with Gasteiger partial charge in [-0.25, -0.2) is 9.59 Å². The number of alkyl carbamates (subject to hydrolysis) is 1. The zero-order valence-corrected chi connectivity index (χ0v) is 35.1. The standard InChI is InChI=1S/C49H50N6O9/c56-41-17-15-39(40-16-18-44(58)53-46(40)41)42(57)28-50-27-37-14-13-36(26-52-37)47(59)51-21-24-62-48(60)34-11-9-31(10-12-34)30-63-38-8-4-7-35(25-38)45(33-5-2-1-3-6-33)54-49(61)64-43-29-55-22-19-32(43)20-23-55/h1-18,25-26,32,42-43,45,50,56-57H,19-24,27-30H2,(H,51,59)(H,53,58)(H,54,61)/t42-,43-,45?/m0/s1. The smallest absolute Gasteiger partial charge is 0.408 e. The number of esters is 1. The van der Waals surface area contributed by atoms with Crippen LogP contribution in [0.3, 0.4) is 0 Å². The van der Waals surface area contributed by atoms with Gasteiger partial charge in [0.25, 0.3) is 5.91 Å². The highest BCUT2D eigenvalue weighted by molar-refractivity contribution is 5.94.